The second kappa shape index (κ2) is 8.65. The maximum Gasteiger partial charge on any atom is 0.335 e. The van der Waals surface area contributed by atoms with Gasteiger partial charge in [0.2, 0.25) is 0 Å². The van der Waals surface area contributed by atoms with Crippen molar-refractivity contribution in [3.8, 4) is 0 Å². The van der Waals surface area contributed by atoms with Crippen molar-refractivity contribution in [3.05, 3.63) is 70.5 Å². The van der Waals surface area contributed by atoms with Crippen LogP contribution in [0.3, 0.4) is 0 Å². The van der Waals surface area contributed by atoms with Gasteiger partial charge in [-0.15, -0.1) is 12.4 Å². The summed E-state index contributed by atoms with van der Waals surface area (Å²) in [6.45, 7) is 0.941. The van der Waals surface area contributed by atoms with Crippen LogP contribution in [0.15, 0.2) is 42.5 Å². The molecule has 5 heteroatoms. The third-order valence-electron chi connectivity index (χ3n) is 5.15. The highest BCUT2D eigenvalue weighted by Gasteiger charge is 2.30. The van der Waals surface area contributed by atoms with E-state index in [0.29, 0.717) is 17.9 Å². The average molecular weight is 378 g/mol. The lowest BCUT2D eigenvalue weighted by Gasteiger charge is -2.35. The van der Waals surface area contributed by atoms with Crippen molar-refractivity contribution < 1.29 is 14.3 Å². The van der Waals surface area contributed by atoms with Crippen LogP contribution in [-0.4, -0.2) is 36.6 Å². The largest absolute Gasteiger partial charge is 0.478 e. The number of fused-ring (bicyclic) bond motifs is 1. The van der Waals surface area contributed by atoms with Crippen LogP contribution >= 0.6 is 12.4 Å². The van der Waals surface area contributed by atoms with E-state index in [2.05, 4.69) is 31.1 Å². The van der Waals surface area contributed by atoms with E-state index >= 15 is 0 Å². The van der Waals surface area contributed by atoms with Crippen molar-refractivity contribution >= 4 is 18.4 Å². The van der Waals surface area contributed by atoms with E-state index in [4.69, 9.17) is 0 Å². The fraction of sp³-hybridized carbons (Fsp3) is 0.381. The molecule has 2 atom stereocenters. The number of aromatic carboxylic acids is 1. The van der Waals surface area contributed by atoms with Gasteiger partial charge in [0.05, 0.1) is 5.56 Å². The van der Waals surface area contributed by atoms with Crippen LogP contribution in [-0.2, 0) is 12.8 Å². The third kappa shape index (κ3) is 4.43. The fourth-order valence-electron chi connectivity index (χ4n) is 4.06. The lowest BCUT2D eigenvalue weighted by atomic mass is 9.72. The van der Waals surface area contributed by atoms with Crippen LogP contribution in [0.25, 0.3) is 0 Å². The molecule has 0 radical (unpaired) electrons. The van der Waals surface area contributed by atoms with E-state index in [-0.39, 0.29) is 29.7 Å². The van der Waals surface area contributed by atoms with Crippen LogP contribution in [0.1, 0.15) is 39.4 Å². The Bertz CT molecular complexity index is 778. The van der Waals surface area contributed by atoms with Gasteiger partial charge >= 0.3 is 5.97 Å². The summed E-state index contributed by atoms with van der Waals surface area (Å²) >= 11 is 0. The smallest absolute Gasteiger partial charge is 0.335 e. The monoisotopic (exact) mass is 377 g/mol. The number of hydrogen-bond donors (Lipinski definition) is 1. The summed E-state index contributed by atoms with van der Waals surface area (Å²) < 4.78 is 13.8. The molecule has 2 unspecified atom stereocenters. The molecule has 2 aromatic carbocycles. The molecular formula is C21H25ClFNO2. The SMILES string of the molecule is CN(C)CC1CCc2ccccc2C1Cc1cc(F)ccc1C(=O)O.Cl. The van der Waals surface area contributed by atoms with E-state index in [1.54, 1.807) is 0 Å². The Labute approximate surface area is 160 Å². The molecule has 1 N–H and O–H groups in total. The molecular weight excluding hydrogens is 353 g/mol. The molecule has 0 heterocycles. The zero-order chi connectivity index (χ0) is 18.0. The predicted octanol–water partition coefficient (Wildman–Crippen LogP) is 4.40. The van der Waals surface area contributed by atoms with Gasteiger partial charge in [-0.3, -0.25) is 0 Å². The van der Waals surface area contributed by atoms with Gasteiger partial charge in [-0.05, 0) is 80.1 Å². The van der Waals surface area contributed by atoms with E-state index in [1.807, 2.05) is 12.1 Å². The summed E-state index contributed by atoms with van der Waals surface area (Å²) in [6, 6.07) is 12.4. The number of carbonyl (C=O) groups is 1. The van der Waals surface area contributed by atoms with Crippen LogP contribution in [0.4, 0.5) is 4.39 Å². The van der Waals surface area contributed by atoms with Crippen molar-refractivity contribution in [2.75, 3.05) is 20.6 Å². The molecule has 0 aliphatic heterocycles. The lowest BCUT2D eigenvalue weighted by Crippen LogP contribution is -2.31. The van der Waals surface area contributed by atoms with Crippen LogP contribution in [0, 0.1) is 11.7 Å². The van der Waals surface area contributed by atoms with Gasteiger partial charge in [0, 0.05) is 6.54 Å². The molecule has 0 saturated heterocycles. The zero-order valence-electron chi connectivity index (χ0n) is 15.1. The molecule has 0 aromatic heterocycles. The first-order chi connectivity index (χ1) is 12.0. The first kappa shape index (κ1) is 20.4. The Hall–Kier alpha value is -1.91. The summed E-state index contributed by atoms with van der Waals surface area (Å²) in [5.74, 6) is -0.751. The molecule has 0 spiro atoms. The van der Waals surface area contributed by atoms with Gasteiger partial charge < -0.3 is 10.0 Å². The summed E-state index contributed by atoms with van der Waals surface area (Å²) in [4.78, 5) is 13.7. The quantitative estimate of drug-likeness (QED) is 0.839. The highest BCUT2D eigenvalue weighted by molar-refractivity contribution is 5.89. The number of halogens is 2. The van der Waals surface area contributed by atoms with E-state index in [1.165, 1.54) is 29.3 Å². The summed E-state index contributed by atoms with van der Waals surface area (Å²) in [5, 5.41) is 9.46. The Morgan fingerprint density at radius 2 is 1.96 bits per heavy atom. The molecule has 26 heavy (non-hydrogen) atoms. The maximum absolute atomic E-state index is 13.8. The summed E-state index contributed by atoms with van der Waals surface area (Å²) in [5.41, 5.74) is 3.39. The molecule has 0 fully saturated rings. The molecule has 0 saturated carbocycles. The molecule has 140 valence electrons. The van der Waals surface area contributed by atoms with Gasteiger partial charge in [-0.2, -0.15) is 0 Å². The highest BCUT2D eigenvalue weighted by Crippen LogP contribution is 2.39. The Morgan fingerprint density at radius 3 is 2.65 bits per heavy atom. The number of benzene rings is 2. The van der Waals surface area contributed by atoms with Crippen molar-refractivity contribution in [2.24, 2.45) is 5.92 Å². The van der Waals surface area contributed by atoms with E-state index in [0.717, 1.165) is 19.4 Å². The minimum absolute atomic E-state index is 0. The molecule has 1 aliphatic rings. The Kier molecular flexibility index (Phi) is 6.79. The predicted molar refractivity (Wildman–Crippen MR) is 104 cm³/mol. The van der Waals surface area contributed by atoms with Crippen molar-refractivity contribution in [2.45, 2.75) is 25.2 Å². The minimum atomic E-state index is -0.997. The topological polar surface area (TPSA) is 40.5 Å². The second-order valence-electron chi connectivity index (χ2n) is 7.18. The summed E-state index contributed by atoms with van der Waals surface area (Å²) in [7, 11) is 4.12. The third-order valence-corrected chi connectivity index (χ3v) is 5.15. The van der Waals surface area contributed by atoms with Gasteiger partial charge in [-0.25, -0.2) is 9.18 Å². The van der Waals surface area contributed by atoms with E-state index < -0.39 is 5.97 Å². The molecule has 2 aromatic rings. The van der Waals surface area contributed by atoms with Crippen LogP contribution < -0.4 is 0 Å². The Morgan fingerprint density at radius 1 is 1.23 bits per heavy atom. The molecule has 3 rings (SSSR count). The zero-order valence-corrected chi connectivity index (χ0v) is 15.9. The number of aryl methyl sites for hydroxylation is 1. The number of carboxylic acid groups (broad SMARTS) is 1. The van der Waals surface area contributed by atoms with Crippen molar-refractivity contribution in [1.82, 2.24) is 4.90 Å². The standard InChI is InChI=1S/C21H24FNO2.ClH/c1-23(2)13-15-8-7-14-5-3-4-6-18(14)20(15)12-16-11-17(22)9-10-19(16)21(24)25;/h3-6,9-11,15,20H,7-8,12-13H2,1-2H3,(H,24,25);1H. The van der Waals surface area contributed by atoms with Gasteiger partial charge in [0.1, 0.15) is 5.82 Å². The molecule has 0 bridgehead atoms. The second-order valence-corrected chi connectivity index (χ2v) is 7.18. The number of carboxylic acids is 1. The number of nitrogens with zero attached hydrogens (tertiary/aromatic N) is 1. The van der Waals surface area contributed by atoms with E-state index in [9.17, 15) is 14.3 Å². The van der Waals surface area contributed by atoms with Gasteiger partial charge in [0.25, 0.3) is 0 Å². The maximum atomic E-state index is 13.8. The molecule has 3 nitrogen and oxygen atoms in total. The molecule has 0 amide bonds. The van der Waals surface area contributed by atoms with Gasteiger partial charge in [0.15, 0.2) is 0 Å². The summed E-state index contributed by atoms with van der Waals surface area (Å²) in [6.07, 6.45) is 2.66. The Balaban J connectivity index is 0.00000243. The first-order valence-electron chi connectivity index (χ1n) is 8.70. The van der Waals surface area contributed by atoms with Crippen LogP contribution in [0.2, 0.25) is 0 Å². The van der Waals surface area contributed by atoms with Crippen molar-refractivity contribution in [1.29, 1.82) is 0 Å². The number of hydrogen-bond acceptors (Lipinski definition) is 2. The van der Waals surface area contributed by atoms with Crippen LogP contribution in [0.5, 0.6) is 0 Å². The van der Waals surface area contributed by atoms with Crippen molar-refractivity contribution in [3.63, 3.8) is 0 Å². The first-order valence-corrected chi connectivity index (χ1v) is 8.70. The highest BCUT2D eigenvalue weighted by atomic mass is 35.5. The normalized spacial score (nSPS) is 18.9. The molecule has 1 aliphatic carbocycles. The minimum Gasteiger partial charge on any atom is -0.478 e. The average Bonchev–Trinajstić information content (AvgIpc) is 2.56. The number of rotatable bonds is 5. The fourth-order valence-corrected chi connectivity index (χ4v) is 4.06. The van der Waals surface area contributed by atoms with Gasteiger partial charge in [-0.1, -0.05) is 24.3 Å². The lowest BCUT2D eigenvalue weighted by molar-refractivity contribution is 0.0695.